The van der Waals surface area contributed by atoms with Gasteiger partial charge in [0.1, 0.15) is 5.56 Å². The molecule has 0 aliphatic carbocycles. The molecule has 3 rings (SSSR count). The van der Waals surface area contributed by atoms with Gasteiger partial charge in [-0.15, -0.1) is 0 Å². The van der Waals surface area contributed by atoms with E-state index in [4.69, 9.17) is 16.3 Å². The summed E-state index contributed by atoms with van der Waals surface area (Å²) in [4.78, 5) is 26.1. The van der Waals surface area contributed by atoms with Crippen LogP contribution in [0.1, 0.15) is 49.9 Å². The molecule has 0 unspecified atom stereocenters. The van der Waals surface area contributed by atoms with Crippen molar-refractivity contribution in [3.63, 3.8) is 0 Å². The Morgan fingerprint density at radius 1 is 1.09 bits per heavy atom. The molecule has 0 saturated heterocycles. The first-order valence-electron chi connectivity index (χ1n) is 9.84. The second-order valence-electron chi connectivity index (χ2n) is 7.55. The van der Waals surface area contributed by atoms with Crippen molar-refractivity contribution in [2.45, 2.75) is 39.1 Å². The Morgan fingerprint density at radius 3 is 2.28 bits per heavy atom. The second-order valence-corrected chi connectivity index (χ2v) is 9.88. The van der Waals surface area contributed by atoms with E-state index in [1.54, 1.807) is 45.0 Å². The van der Waals surface area contributed by atoms with E-state index < -0.39 is 21.6 Å². The summed E-state index contributed by atoms with van der Waals surface area (Å²) in [6.45, 7) is 7.22. The summed E-state index contributed by atoms with van der Waals surface area (Å²) in [7, 11) is -3.53. The summed E-state index contributed by atoms with van der Waals surface area (Å²) < 4.78 is 31.2. The lowest BCUT2D eigenvalue weighted by molar-refractivity contribution is 0.0716. The molecule has 0 fully saturated rings. The SMILES string of the molecule is CCn1ncc(C(=O)c2cc(C)c(S(C)(=O)=O)c(C)c2Cl)c1OC(=O)c1ccc(C)cc1. The molecule has 7 nitrogen and oxygen atoms in total. The summed E-state index contributed by atoms with van der Waals surface area (Å²) in [5.41, 5.74) is 2.18. The largest absolute Gasteiger partial charge is 0.403 e. The van der Waals surface area contributed by atoms with E-state index in [-0.39, 0.29) is 26.9 Å². The molecule has 168 valence electrons. The zero-order chi connectivity index (χ0) is 23.8. The number of esters is 1. The fourth-order valence-corrected chi connectivity index (χ4v) is 5.12. The molecule has 0 saturated carbocycles. The first kappa shape index (κ1) is 23.7. The van der Waals surface area contributed by atoms with Crippen LogP contribution in [0.15, 0.2) is 41.4 Å². The van der Waals surface area contributed by atoms with Crippen molar-refractivity contribution in [2.24, 2.45) is 0 Å². The minimum absolute atomic E-state index is 0.00152. The number of sulfone groups is 1. The van der Waals surface area contributed by atoms with Crippen LogP contribution in [0.4, 0.5) is 0 Å². The molecule has 1 aromatic heterocycles. The van der Waals surface area contributed by atoms with Gasteiger partial charge in [-0.05, 0) is 57.0 Å². The highest BCUT2D eigenvalue weighted by Crippen LogP contribution is 2.33. The average Bonchev–Trinajstić information content (AvgIpc) is 3.12. The lowest BCUT2D eigenvalue weighted by atomic mass is 10.0. The molecule has 0 bridgehead atoms. The Balaban J connectivity index is 2.06. The fourth-order valence-electron chi connectivity index (χ4n) is 3.52. The lowest BCUT2D eigenvalue weighted by Crippen LogP contribution is -2.15. The fraction of sp³-hybridized carbons (Fsp3) is 0.261. The summed E-state index contributed by atoms with van der Waals surface area (Å²) in [6.07, 6.45) is 2.41. The number of nitrogens with zero attached hydrogens (tertiary/aromatic N) is 2. The van der Waals surface area contributed by atoms with Crippen molar-refractivity contribution in [2.75, 3.05) is 6.26 Å². The standard InChI is InChI=1S/C23H23ClN2O5S/c1-6-26-22(31-23(28)16-9-7-13(2)8-10-16)18(12-25-26)20(27)17-11-14(3)21(32(5,29)30)15(4)19(17)24/h7-12H,6H2,1-5H3. The van der Waals surface area contributed by atoms with E-state index in [1.165, 1.54) is 16.9 Å². The van der Waals surface area contributed by atoms with Gasteiger partial charge in [0.25, 0.3) is 0 Å². The molecule has 2 aromatic carbocycles. The molecule has 32 heavy (non-hydrogen) atoms. The highest BCUT2D eigenvalue weighted by atomic mass is 35.5. The van der Waals surface area contributed by atoms with Crippen molar-refractivity contribution < 1.29 is 22.7 Å². The lowest BCUT2D eigenvalue weighted by Gasteiger charge is -2.14. The first-order valence-corrected chi connectivity index (χ1v) is 12.1. The molecule has 0 N–H and O–H groups in total. The number of aryl methyl sites for hydroxylation is 3. The molecule has 0 aliphatic heterocycles. The minimum Gasteiger partial charge on any atom is -0.403 e. The number of carbonyl (C=O) groups is 2. The molecular formula is C23H23ClN2O5S. The van der Waals surface area contributed by atoms with Crippen molar-refractivity contribution >= 4 is 33.2 Å². The number of halogens is 1. The van der Waals surface area contributed by atoms with E-state index in [1.807, 2.05) is 6.92 Å². The van der Waals surface area contributed by atoms with Gasteiger partial charge < -0.3 is 4.74 Å². The van der Waals surface area contributed by atoms with Gasteiger partial charge in [0.15, 0.2) is 9.84 Å². The quantitative estimate of drug-likeness (QED) is 0.389. The van der Waals surface area contributed by atoms with Crippen LogP contribution in [0.5, 0.6) is 5.88 Å². The highest BCUT2D eigenvalue weighted by Gasteiger charge is 2.27. The number of aromatic nitrogens is 2. The predicted molar refractivity (Wildman–Crippen MR) is 122 cm³/mol. The molecule has 1 heterocycles. The maximum Gasteiger partial charge on any atom is 0.344 e. The average molecular weight is 475 g/mol. The van der Waals surface area contributed by atoms with Gasteiger partial charge in [-0.3, -0.25) is 4.79 Å². The van der Waals surface area contributed by atoms with Gasteiger partial charge in [0, 0.05) is 18.4 Å². The van der Waals surface area contributed by atoms with E-state index >= 15 is 0 Å². The van der Waals surface area contributed by atoms with Crippen LogP contribution < -0.4 is 4.74 Å². The van der Waals surface area contributed by atoms with Crippen molar-refractivity contribution in [3.8, 4) is 5.88 Å². The summed E-state index contributed by atoms with van der Waals surface area (Å²) in [6, 6.07) is 8.28. The summed E-state index contributed by atoms with van der Waals surface area (Å²) in [5.74, 6) is -1.14. The van der Waals surface area contributed by atoms with Crippen LogP contribution in [-0.2, 0) is 16.4 Å². The first-order chi connectivity index (χ1) is 15.0. The van der Waals surface area contributed by atoms with Gasteiger partial charge in [0.2, 0.25) is 11.7 Å². The van der Waals surface area contributed by atoms with E-state index in [0.717, 1.165) is 11.8 Å². The van der Waals surface area contributed by atoms with Crippen LogP contribution in [0.25, 0.3) is 0 Å². The van der Waals surface area contributed by atoms with Gasteiger partial charge in [-0.25, -0.2) is 17.9 Å². The number of hydrogen-bond acceptors (Lipinski definition) is 6. The Morgan fingerprint density at radius 2 is 1.72 bits per heavy atom. The highest BCUT2D eigenvalue weighted by molar-refractivity contribution is 7.90. The molecule has 0 spiro atoms. The molecule has 0 amide bonds. The Bertz CT molecular complexity index is 1330. The van der Waals surface area contributed by atoms with Gasteiger partial charge in [0.05, 0.1) is 21.7 Å². The zero-order valence-corrected chi connectivity index (χ0v) is 20.0. The molecule has 0 aliphatic rings. The second kappa shape index (κ2) is 8.88. The van der Waals surface area contributed by atoms with Crippen molar-refractivity contribution in [3.05, 3.63) is 74.9 Å². The third-order valence-electron chi connectivity index (χ3n) is 5.05. The maximum absolute atomic E-state index is 13.4. The monoisotopic (exact) mass is 474 g/mol. The summed E-state index contributed by atoms with van der Waals surface area (Å²) >= 11 is 6.41. The Hall–Kier alpha value is -2.97. The predicted octanol–water partition coefficient (Wildman–Crippen LogP) is 4.34. The van der Waals surface area contributed by atoms with E-state index in [2.05, 4.69) is 5.10 Å². The Labute approximate surface area is 191 Å². The third kappa shape index (κ3) is 4.47. The smallest absolute Gasteiger partial charge is 0.344 e. The molecule has 0 radical (unpaired) electrons. The third-order valence-corrected chi connectivity index (χ3v) is 6.91. The van der Waals surface area contributed by atoms with Crippen LogP contribution in [0.2, 0.25) is 5.02 Å². The van der Waals surface area contributed by atoms with Gasteiger partial charge in [-0.2, -0.15) is 5.10 Å². The number of carbonyl (C=O) groups excluding carboxylic acids is 2. The normalized spacial score (nSPS) is 11.4. The molecule has 9 heteroatoms. The number of ether oxygens (including phenoxy) is 1. The zero-order valence-electron chi connectivity index (χ0n) is 18.4. The maximum atomic E-state index is 13.4. The Kier molecular flexibility index (Phi) is 6.57. The van der Waals surface area contributed by atoms with Crippen molar-refractivity contribution in [1.29, 1.82) is 0 Å². The number of benzene rings is 2. The van der Waals surface area contributed by atoms with Crippen molar-refractivity contribution in [1.82, 2.24) is 9.78 Å². The van der Waals surface area contributed by atoms with Gasteiger partial charge in [-0.1, -0.05) is 29.3 Å². The number of hydrogen-bond donors (Lipinski definition) is 0. The number of rotatable bonds is 6. The van der Waals surface area contributed by atoms with E-state index in [9.17, 15) is 18.0 Å². The van der Waals surface area contributed by atoms with Crippen LogP contribution in [-0.4, -0.2) is 36.2 Å². The molecular weight excluding hydrogens is 452 g/mol. The van der Waals surface area contributed by atoms with Crippen LogP contribution in [0, 0.1) is 20.8 Å². The summed E-state index contributed by atoms with van der Waals surface area (Å²) in [5, 5.41) is 4.18. The van der Waals surface area contributed by atoms with Gasteiger partial charge >= 0.3 is 5.97 Å². The molecule has 0 atom stereocenters. The molecule has 3 aromatic rings. The van der Waals surface area contributed by atoms with E-state index in [0.29, 0.717) is 23.2 Å². The number of ketones is 1. The topological polar surface area (TPSA) is 95.3 Å². The van der Waals surface area contributed by atoms with Crippen LogP contribution in [0.3, 0.4) is 0 Å². The van der Waals surface area contributed by atoms with Crippen LogP contribution >= 0.6 is 11.6 Å². The minimum atomic E-state index is -3.53.